The normalized spacial score (nSPS) is 11.9. The van der Waals surface area contributed by atoms with Gasteiger partial charge in [0.15, 0.2) is 0 Å². The van der Waals surface area contributed by atoms with Crippen LogP contribution in [0.1, 0.15) is 20.3 Å². The highest BCUT2D eigenvalue weighted by Crippen LogP contribution is 2.17. The van der Waals surface area contributed by atoms with Crippen molar-refractivity contribution >= 4 is 0 Å². The van der Waals surface area contributed by atoms with Gasteiger partial charge >= 0.3 is 0 Å². The van der Waals surface area contributed by atoms with Gasteiger partial charge in [0.25, 0.3) is 0 Å². The second-order valence-corrected chi connectivity index (χ2v) is 3.16. The molecule has 0 unspecified atom stereocenters. The summed E-state index contributed by atoms with van der Waals surface area (Å²) in [7, 11) is 0. The molecule has 0 bridgehead atoms. The summed E-state index contributed by atoms with van der Waals surface area (Å²) >= 11 is 0. The lowest BCUT2D eigenvalue weighted by Gasteiger charge is -2.24. The van der Waals surface area contributed by atoms with Crippen LogP contribution in [0.3, 0.4) is 0 Å². The first-order valence-corrected chi connectivity index (χ1v) is 3.63. The first kappa shape index (κ1) is 8.20. The van der Waals surface area contributed by atoms with Crippen LogP contribution < -0.4 is 0 Å². The summed E-state index contributed by atoms with van der Waals surface area (Å²) in [5.41, 5.74) is -0.0851. The smallest absolute Gasteiger partial charge is 0.119 e. The maximum atomic E-state index is 8.75. The summed E-state index contributed by atoms with van der Waals surface area (Å²) in [5.74, 6) is 0. The number of rotatable bonds is 3. The minimum absolute atomic E-state index is 0.0851. The van der Waals surface area contributed by atoms with E-state index in [4.69, 9.17) is 5.11 Å². The number of aliphatic hydroxyl groups is 1. The number of hydrogen-bond donors (Lipinski definition) is 1. The van der Waals surface area contributed by atoms with Gasteiger partial charge in [0.05, 0.1) is 0 Å². The number of aliphatic hydroxyl groups excluding tert-OH is 1. The fourth-order valence-electron chi connectivity index (χ4n) is 0.916. The molecule has 1 rings (SSSR count). The van der Waals surface area contributed by atoms with E-state index in [-0.39, 0.29) is 12.1 Å². The van der Waals surface area contributed by atoms with Gasteiger partial charge in [0.1, 0.15) is 12.7 Å². The van der Waals surface area contributed by atoms with Gasteiger partial charge in [-0.2, -0.15) is 0 Å². The highest BCUT2D eigenvalue weighted by Gasteiger charge is 2.18. The molecule has 1 aromatic rings. The van der Waals surface area contributed by atoms with E-state index < -0.39 is 0 Å². The molecule has 0 spiro atoms. The first-order chi connectivity index (χ1) is 5.17. The lowest BCUT2D eigenvalue weighted by Crippen LogP contribution is -2.26. The van der Waals surface area contributed by atoms with Crippen LogP contribution >= 0.6 is 0 Å². The summed E-state index contributed by atoms with van der Waals surface area (Å²) in [6.45, 7) is 4.25. The van der Waals surface area contributed by atoms with Gasteiger partial charge in [-0.1, -0.05) is 0 Å². The van der Waals surface area contributed by atoms with E-state index in [9.17, 15) is 0 Å². The average molecular weight is 155 g/mol. The first-order valence-electron chi connectivity index (χ1n) is 3.63. The Morgan fingerprint density at radius 3 is 2.36 bits per heavy atom. The third-order valence-electron chi connectivity index (χ3n) is 1.84. The zero-order valence-corrected chi connectivity index (χ0v) is 6.86. The molecule has 4 heteroatoms. The maximum Gasteiger partial charge on any atom is 0.119 e. The summed E-state index contributed by atoms with van der Waals surface area (Å²) in [5, 5.41) is 16.2. The molecule has 4 nitrogen and oxygen atoms in total. The topological polar surface area (TPSA) is 50.9 Å². The van der Waals surface area contributed by atoms with Crippen molar-refractivity contribution < 1.29 is 5.11 Å². The average Bonchev–Trinajstić information content (AvgIpc) is 2.37. The Morgan fingerprint density at radius 1 is 1.36 bits per heavy atom. The van der Waals surface area contributed by atoms with Crippen LogP contribution in [0.25, 0.3) is 0 Å². The van der Waals surface area contributed by atoms with E-state index in [0.29, 0.717) is 6.42 Å². The Hall–Kier alpha value is -0.900. The monoisotopic (exact) mass is 155 g/mol. The maximum absolute atomic E-state index is 8.75. The molecule has 0 amide bonds. The quantitative estimate of drug-likeness (QED) is 0.687. The van der Waals surface area contributed by atoms with Crippen LogP contribution in [0.2, 0.25) is 0 Å². The number of nitrogens with zero attached hydrogens (tertiary/aromatic N) is 3. The Morgan fingerprint density at radius 2 is 1.91 bits per heavy atom. The van der Waals surface area contributed by atoms with Crippen molar-refractivity contribution in [3.63, 3.8) is 0 Å². The van der Waals surface area contributed by atoms with Gasteiger partial charge in [-0.15, -0.1) is 10.2 Å². The van der Waals surface area contributed by atoms with E-state index in [1.54, 1.807) is 12.7 Å². The van der Waals surface area contributed by atoms with E-state index >= 15 is 0 Å². The number of hydrogen-bond acceptors (Lipinski definition) is 3. The van der Waals surface area contributed by atoms with E-state index in [2.05, 4.69) is 10.2 Å². The fraction of sp³-hybridized carbons (Fsp3) is 0.714. The van der Waals surface area contributed by atoms with Gasteiger partial charge in [-0.25, -0.2) is 0 Å². The van der Waals surface area contributed by atoms with Gasteiger partial charge in [-0.3, -0.25) is 0 Å². The largest absolute Gasteiger partial charge is 0.396 e. The highest BCUT2D eigenvalue weighted by molar-refractivity contribution is 4.79. The van der Waals surface area contributed by atoms with Crippen molar-refractivity contribution in [2.24, 2.45) is 0 Å². The molecule has 0 aliphatic rings. The SMILES string of the molecule is CC(C)(CCO)n1cnnc1. The standard InChI is InChI=1S/C7H13N3O/c1-7(2,3-4-11)10-5-8-9-6-10/h5-6,11H,3-4H2,1-2H3. The van der Waals surface area contributed by atoms with Crippen molar-refractivity contribution in [2.45, 2.75) is 25.8 Å². The van der Waals surface area contributed by atoms with Crippen LogP contribution in [0.4, 0.5) is 0 Å². The fourth-order valence-corrected chi connectivity index (χ4v) is 0.916. The van der Waals surface area contributed by atoms with Gasteiger partial charge in [-0.05, 0) is 20.3 Å². The molecule has 11 heavy (non-hydrogen) atoms. The van der Waals surface area contributed by atoms with E-state index in [1.165, 1.54) is 0 Å². The summed E-state index contributed by atoms with van der Waals surface area (Å²) in [6, 6.07) is 0. The third kappa shape index (κ3) is 1.77. The summed E-state index contributed by atoms with van der Waals surface area (Å²) < 4.78 is 1.89. The Balaban J connectivity index is 2.73. The Bertz CT molecular complexity index is 205. The second-order valence-electron chi connectivity index (χ2n) is 3.16. The molecule has 0 saturated carbocycles. The van der Waals surface area contributed by atoms with Crippen LogP contribution in [-0.2, 0) is 5.54 Å². The molecule has 0 aromatic carbocycles. The molecular formula is C7H13N3O. The van der Waals surface area contributed by atoms with Crippen LogP contribution in [0, 0.1) is 0 Å². The predicted octanol–water partition coefficient (Wildman–Crippen LogP) is 0.396. The molecular weight excluding hydrogens is 142 g/mol. The van der Waals surface area contributed by atoms with Gasteiger partial charge in [0.2, 0.25) is 0 Å². The van der Waals surface area contributed by atoms with Crippen LogP contribution in [0.5, 0.6) is 0 Å². The van der Waals surface area contributed by atoms with Crippen molar-refractivity contribution in [3.05, 3.63) is 12.7 Å². The molecule has 0 aliphatic carbocycles. The Labute approximate surface area is 65.9 Å². The van der Waals surface area contributed by atoms with E-state index in [0.717, 1.165) is 0 Å². The highest BCUT2D eigenvalue weighted by atomic mass is 16.3. The van der Waals surface area contributed by atoms with Gasteiger partial charge < -0.3 is 9.67 Å². The molecule has 0 fully saturated rings. The third-order valence-corrected chi connectivity index (χ3v) is 1.84. The molecule has 62 valence electrons. The molecule has 1 N–H and O–H groups in total. The second kappa shape index (κ2) is 3.00. The Kier molecular flexibility index (Phi) is 2.24. The lowest BCUT2D eigenvalue weighted by atomic mass is 10.0. The number of aromatic nitrogens is 3. The summed E-state index contributed by atoms with van der Waals surface area (Å²) in [6.07, 6.45) is 4.04. The molecule has 1 heterocycles. The van der Waals surface area contributed by atoms with Crippen molar-refractivity contribution in [3.8, 4) is 0 Å². The van der Waals surface area contributed by atoms with Crippen molar-refractivity contribution in [1.29, 1.82) is 0 Å². The molecule has 0 aliphatic heterocycles. The molecule has 0 atom stereocenters. The van der Waals surface area contributed by atoms with Crippen LogP contribution in [0.15, 0.2) is 12.7 Å². The molecule has 0 radical (unpaired) electrons. The lowest BCUT2D eigenvalue weighted by molar-refractivity contribution is 0.212. The predicted molar refractivity (Wildman–Crippen MR) is 41.0 cm³/mol. The van der Waals surface area contributed by atoms with Crippen molar-refractivity contribution in [2.75, 3.05) is 6.61 Å². The minimum Gasteiger partial charge on any atom is -0.396 e. The van der Waals surface area contributed by atoms with E-state index in [1.807, 2.05) is 18.4 Å². The zero-order chi connectivity index (χ0) is 8.32. The van der Waals surface area contributed by atoms with Gasteiger partial charge in [0, 0.05) is 12.1 Å². The zero-order valence-electron chi connectivity index (χ0n) is 6.86. The summed E-state index contributed by atoms with van der Waals surface area (Å²) in [4.78, 5) is 0. The minimum atomic E-state index is -0.0851. The van der Waals surface area contributed by atoms with Crippen molar-refractivity contribution in [1.82, 2.24) is 14.8 Å². The molecule has 0 saturated heterocycles. The molecule has 1 aromatic heterocycles. The van der Waals surface area contributed by atoms with Crippen LogP contribution in [-0.4, -0.2) is 26.5 Å².